The highest BCUT2D eigenvalue weighted by molar-refractivity contribution is 9.12. The molecule has 0 bridgehead atoms. The molecule has 0 rings (SSSR count). The Kier molecular flexibility index (Phi) is 6.96. The summed E-state index contributed by atoms with van der Waals surface area (Å²) in [6.07, 6.45) is 3.05. The SMILES string of the molecule is C/C=C/C(=O)OC[C@H](Br)CBr. The van der Waals surface area contributed by atoms with Gasteiger partial charge in [-0.05, 0) is 6.92 Å². The Bertz CT molecular complexity index is 145. The number of hydrogen-bond donors (Lipinski definition) is 0. The molecule has 0 aliphatic heterocycles. The van der Waals surface area contributed by atoms with Crippen LogP contribution in [0.15, 0.2) is 12.2 Å². The van der Waals surface area contributed by atoms with Crippen molar-refractivity contribution >= 4 is 37.8 Å². The molecule has 0 heterocycles. The number of esters is 1. The van der Waals surface area contributed by atoms with Gasteiger partial charge < -0.3 is 4.74 Å². The van der Waals surface area contributed by atoms with E-state index in [0.29, 0.717) is 6.61 Å². The first-order valence-corrected chi connectivity index (χ1v) is 5.24. The van der Waals surface area contributed by atoms with E-state index in [-0.39, 0.29) is 10.8 Å². The van der Waals surface area contributed by atoms with E-state index in [2.05, 4.69) is 31.9 Å². The number of alkyl halides is 2. The predicted octanol–water partition coefficient (Wildman–Crippen LogP) is 2.26. The largest absolute Gasteiger partial charge is 0.461 e. The Morgan fingerprint density at radius 3 is 2.82 bits per heavy atom. The van der Waals surface area contributed by atoms with Gasteiger partial charge in [-0.3, -0.25) is 0 Å². The van der Waals surface area contributed by atoms with Crippen LogP contribution < -0.4 is 0 Å². The van der Waals surface area contributed by atoms with Crippen molar-refractivity contribution < 1.29 is 9.53 Å². The Morgan fingerprint density at radius 1 is 1.73 bits per heavy atom. The van der Waals surface area contributed by atoms with Gasteiger partial charge in [0.05, 0.1) is 4.83 Å². The summed E-state index contributed by atoms with van der Waals surface area (Å²) < 4.78 is 4.83. The first kappa shape index (κ1) is 11.2. The van der Waals surface area contributed by atoms with E-state index in [1.807, 2.05) is 0 Å². The molecule has 11 heavy (non-hydrogen) atoms. The van der Waals surface area contributed by atoms with Gasteiger partial charge in [-0.15, -0.1) is 0 Å². The smallest absolute Gasteiger partial charge is 0.330 e. The van der Waals surface area contributed by atoms with Crippen molar-refractivity contribution in [2.45, 2.75) is 11.8 Å². The van der Waals surface area contributed by atoms with Gasteiger partial charge in [0.1, 0.15) is 6.61 Å². The van der Waals surface area contributed by atoms with Gasteiger partial charge in [0.15, 0.2) is 0 Å². The molecule has 2 nitrogen and oxygen atoms in total. The molecule has 0 aromatic carbocycles. The van der Waals surface area contributed by atoms with Crippen LogP contribution in [0.5, 0.6) is 0 Å². The van der Waals surface area contributed by atoms with Crippen molar-refractivity contribution in [3.8, 4) is 0 Å². The summed E-state index contributed by atoms with van der Waals surface area (Å²) in [6.45, 7) is 2.17. The monoisotopic (exact) mass is 284 g/mol. The number of carbonyl (C=O) groups excluding carboxylic acids is 1. The fourth-order valence-electron chi connectivity index (χ4n) is 0.401. The van der Waals surface area contributed by atoms with Crippen molar-refractivity contribution in [1.29, 1.82) is 0 Å². The van der Waals surface area contributed by atoms with E-state index < -0.39 is 0 Å². The van der Waals surface area contributed by atoms with Crippen molar-refractivity contribution in [1.82, 2.24) is 0 Å². The molecule has 4 heteroatoms. The Labute approximate surface area is 83.2 Å². The predicted molar refractivity (Wildman–Crippen MR) is 52.3 cm³/mol. The molecule has 0 unspecified atom stereocenters. The Balaban J connectivity index is 3.45. The zero-order chi connectivity index (χ0) is 8.69. The Morgan fingerprint density at radius 2 is 2.36 bits per heavy atom. The van der Waals surface area contributed by atoms with Crippen LogP contribution in [0, 0.1) is 0 Å². The van der Waals surface area contributed by atoms with Crippen LogP contribution in [0.1, 0.15) is 6.92 Å². The molecule has 0 aromatic heterocycles. The van der Waals surface area contributed by atoms with Gasteiger partial charge in [-0.2, -0.15) is 0 Å². The lowest BCUT2D eigenvalue weighted by molar-refractivity contribution is -0.137. The van der Waals surface area contributed by atoms with Crippen molar-refractivity contribution in [2.24, 2.45) is 0 Å². The summed E-state index contributed by atoms with van der Waals surface area (Å²) in [4.78, 5) is 10.9. The number of allylic oxidation sites excluding steroid dienone is 1. The summed E-state index contributed by atoms with van der Waals surface area (Å²) >= 11 is 6.56. The first-order chi connectivity index (χ1) is 5.20. The van der Waals surface area contributed by atoms with Crippen LogP contribution in [0.25, 0.3) is 0 Å². The van der Waals surface area contributed by atoms with E-state index in [0.717, 1.165) is 5.33 Å². The van der Waals surface area contributed by atoms with Gasteiger partial charge in [-0.1, -0.05) is 37.9 Å². The standard InChI is InChI=1S/C7H10Br2O2/c1-2-3-7(10)11-5-6(9)4-8/h2-3,6H,4-5H2,1H3/b3-2+/t6-/m1/s1. The van der Waals surface area contributed by atoms with Crippen molar-refractivity contribution in [3.05, 3.63) is 12.2 Å². The zero-order valence-electron chi connectivity index (χ0n) is 6.22. The number of halogens is 2. The summed E-state index contributed by atoms with van der Waals surface area (Å²) in [6, 6.07) is 0. The number of ether oxygens (including phenoxy) is 1. The van der Waals surface area contributed by atoms with E-state index in [9.17, 15) is 4.79 Å². The fourth-order valence-corrected chi connectivity index (χ4v) is 0.720. The van der Waals surface area contributed by atoms with Crippen LogP contribution in [0.4, 0.5) is 0 Å². The second-order valence-electron chi connectivity index (χ2n) is 1.88. The maximum absolute atomic E-state index is 10.7. The molecule has 0 aromatic rings. The molecule has 0 N–H and O–H groups in total. The normalized spacial score (nSPS) is 13.4. The lowest BCUT2D eigenvalue weighted by atomic mass is 10.5. The molecule has 0 saturated carbocycles. The third-order valence-corrected chi connectivity index (χ3v) is 3.12. The molecule has 0 aliphatic carbocycles. The maximum Gasteiger partial charge on any atom is 0.330 e. The third-order valence-electron chi connectivity index (χ3n) is 0.877. The second kappa shape index (κ2) is 6.85. The zero-order valence-corrected chi connectivity index (χ0v) is 9.39. The van der Waals surface area contributed by atoms with E-state index in [1.54, 1.807) is 13.0 Å². The van der Waals surface area contributed by atoms with Gasteiger partial charge in [0.25, 0.3) is 0 Å². The van der Waals surface area contributed by atoms with Crippen LogP contribution in [0.3, 0.4) is 0 Å². The van der Waals surface area contributed by atoms with Crippen molar-refractivity contribution in [2.75, 3.05) is 11.9 Å². The second-order valence-corrected chi connectivity index (χ2v) is 3.82. The molecule has 64 valence electrons. The molecule has 0 aliphatic rings. The maximum atomic E-state index is 10.7. The molecule has 1 atom stereocenters. The minimum atomic E-state index is -0.294. The Hall–Kier alpha value is 0.170. The summed E-state index contributed by atoms with van der Waals surface area (Å²) in [5.41, 5.74) is 0. The van der Waals surface area contributed by atoms with Gasteiger partial charge in [0.2, 0.25) is 0 Å². The highest BCUT2D eigenvalue weighted by Crippen LogP contribution is 2.03. The number of carbonyl (C=O) groups is 1. The lowest BCUT2D eigenvalue weighted by Gasteiger charge is -2.04. The molecule has 0 fully saturated rings. The molecule has 0 spiro atoms. The van der Waals surface area contributed by atoms with E-state index in [1.165, 1.54) is 6.08 Å². The lowest BCUT2D eigenvalue weighted by Crippen LogP contribution is -2.12. The van der Waals surface area contributed by atoms with E-state index in [4.69, 9.17) is 4.74 Å². The summed E-state index contributed by atoms with van der Waals surface area (Å²) in [5.74, 6) is -0.294. The van der Waals surface area contributed by atoms with Crippen LogP contribution in [0.2, 0.25) is 0 Å². The molecule has 0 amide bonds. The van der Waals surface area contributed by atoms with Gasteiger partial charge >= 0.3 is 5.97 Å². The third kappa shape index (κ3) is 6.56. The molecule has 0 saturated heterocycles. The van der Waals surface area contributed by atoms with Crippen LogP contribution >= 0.6 is 31.9 Å². The number of hydrogen-bond acceptors (Lipinski definition) is 2. The first-order valence-electron chi connectivity index (χ1n) is 3.20. The highest BCUT2D eigenvalue weighted by atomic mass is 79.9. The topological polar surface area (TPSA) is 26.3 Å². The van der Waals surface area contributed by atoms with Crippen molar-refractivity contribution in [3.63, 3.8) is 0 Å². The quantitative estimate of drug-likeness (QED) is 0.450. The average Bonchev–Trinajstić information content (AvgIpc) is 2.01. The van der Waals surface area contributed by atoms with Crippen LogP contribution in [-0.4, -0.2) is 22.7 Å². The fraction of sp³-hybridized carbons (Fsp3) is 0.571. The van der Waals surface area contributed by atoms with Gasteiger partial charge in [0, 0.05) is 11.4 Å². The minimum absolute atomic E-state index is 0.191. The number of rotatable bonds is 4. The summed E-state index contributed by atoms with van der Waals surface area (Å²) in [7, 11) is 0. The highest BCUT2D eigenvalue weighted by Gasteiger charge is 2.03. The molecular formula is C7H10Br2O2. The van der Waals surface area contributed by atoms with E-state index >= 15 is 0 Å². The molecular weight excluding hydrogens is 276 g/mol. The molecule has 0 radical (unpaired) electrons. The van der Waals surface area contributed by atoms with Crippen LogP contribution in [-0.2, 0) is 9.53 Å². The minimum Gasteiger partial charge on any atom is -0.461 e. The average molecular weight is 286 g/mol. The van der Waals surface area contributed by atoms with Gasteiger partial charge in [-0.25, -0.2) is 4.79 Å². The summed E-state index contributed by atoms with van der Waals surface area (Å²) in [5, 5.41) is 0.774.